The minimum atomic E-state index is -4.03. The van der Waals surface area contributed by atoms with Crippen LogP contribution in [0.4, 0.5) is 10.1 Å². The van der Waals surface area contributed by atoms with Gasteiger partial charge in [0.05, 0.1) is 10.6 Å². The third kappa shape index (κ3) is 6.20. The van der Waals surface area contributed by atoms with Crippen LogP contribution in [0.1, 0.15) is 29.3 Å². The molecule has 148 valence electrons. The van der Waals surface area contributed by atoms with Crippen LogP contribution in [-0.2, 0) is 10.0 Å². The first-order valence-electron chi connectivity index (χ1n) is 8.12. The first-order chi connectivity index (χ1) is 12.2. The van der Waals surface area contributed by atoms with Gasteiger partial charge in [0, 0.05) is 18.2 Å². The van der Waals surface area contributed by atoms with E-state index >= 15 is 0 Å². The van der Waals surface area contributed by atoms with Gasteiger partial charge in [0.2, 0.25) is 0 Å². The monoisotopic (exact) mass is 415 g/mol. The molecule has 0 aromatic heterocycles. The molecule has 1 amide bonds. The SMILES string of the molecule is Cc1ccc(S(=O)(=O)Nc2ccccc2F)cc1C(=O)NCCC(C)N.Cl. The fourth-order valence-corrected chi connectivity index (χ4v) is 3.36. The smallest absolute Gasteiger partial charge is 0.262 e. The van der Waals surface area contributed by atoms with Gasteiger partial charge in [-0.15, -0.1) is 12.4 Å². The summed E-state index contributed by atoms with van der Waals surface area (Å²) in [7, 11) is -4.03. The minimum absolute atomic E-state index is 0. The summed E-state index contributed by atoms with van der Waals surface area (Å²) < 4.78 is 40.9. The molecule has 2 aromatic rings. The summed E-state index contributed by atoms with van der Waals surface area (Å²) in [6, 6.07) is 9.60. The van der Waals surface area contributed by atoms with Crippen LogP contribution in [0.25, 0.3) is 0 Å². The van der Waals surface area contributed by atoms with Crippen molar-refractivity contribution >= 4 is 34.0 Å². The van der Waals surface area contributed by atoms with Gasteiger partial charge >= 0.3 is 0 Å². The second-order valence-corrected chi connectivity index (χ2v) is 7.77. The van der Waals surface area contributed by atoms with Crippen LogP contribution in [0.5, 0.6) is 0 Å². The van der Waals surface area contributed by atoms with E-state index in [1.54, 1.807) is 6.92 Å². The highest BCUT2D eigenvalue weighted by atomic mass is 35.5. The molecule has 27 heavy (non-hydrogen) atoms. The van der Waals surface area contributed by atoms with Crippen molar-refractivity contribution < 1.29 is 17.6 Å². The van der Waals surface area contributed by atoms with Crippen LogP contribution in [0.3, 0.4) is 0 Å². The van der Waals surface area contributed by atoms with Crippen LogP contribution >= 0.6 is 12.4 Å². The van der Waals surface area contributed by atoms with Crippen molar-refractivity contribution in [2.75, 3.05) is 11.3 Å². The Hall–Kier alpha value is -2.16. The number of rotatable bonds is 7. The van der Waals surface area contributed by atoms with Gasteiger partial charge < -0.3 is 11.1 Å². The van der Waals surface area contributed by atoms with E-state index in [-0.39, 0.29) is 40.5 Å². The molecule has 0 spiro atoms. The molecule has 0 saturated heterocycles. The number of para-hydroxylation sites is 1. The molecule has 6 nitrogen and oxygen atoms in total. The van der Waals surface area contributed by atoms with Crippen LogP contribution in [0.2, 0.25) is 0 Å². The number of sulfonamides is 1. The van der Waals surface area contributed by atoms with Gasteiger partial charge in [0.1, 0.15) is 5.82 Å². The fourth-order valence-electron chi connectivity index (χ4n) is 2.27. The van der Waals surface area contributed by atoms with Gasteiger partial charge in [-0.3, -0.25) is 9.52 Å². The molecule has 1 unspecified atom stereocenters. The average Bonchev–Trinajstić information content (AvgIpc) is 2.56. The van der Waals surface area contributed by atoms with E-state index in [1.807, 2.05) is 6.92 Å². The van der Waals surface area contributed by atoms with Gasteiger partial charge in [-0.1, -0.05) is 18.2 Å². The number of nitrogens with two attached hydrogens (primary N) is 1. The zero-order chi connectivity index (χ0) is 19.3. The predicted molar refractivity (Wildman–Crippen MR) is 106 cm³/mol. The Balaban J connectivity index is 0.00000364. The van der Waals surface area contributed by atoms with Crippen molar-refractivity contribution in [1.82, 2.24) is 5.32 Å². The summed E-state index contributed by atoms with van der Waals surface area (Å²) in [6.07, 6.45) is 0.609. The normalized spacial score (nSPS) is 12.0. The Bertz CT molecular complexity index is 904. The standard InChI is InChI=1S/C18H22FN3O3S.ClH/c1-12-7-8-14(11-15(12)18(23)21-10-9-13(2)20)26(24,25)22-17-6-4-3-5-16(17)19;/h3-8,11,13,22H,9-10,20H2,1-2H3,(H,21,23);1H. The lowest BCUT2D eigenvalue weighted by Gasteiger charge is -2.12. The van der Waals surface area contributed by atoms with Crippen LogP contribution in [0, 0.1) is 12.7 Å². The van der Waals surface area contributed by atoms with Crippen LogP contribution in [0.15, 0.2) is 47.4 Å². The zero-order valence-corrected chi connectivity index (χ0v) is 16.7. The van der Waals surface area contributed by atoms with Crippen molar-refractivity contribution in [1.29, 1.82) is 0 Å². The zero-order valence-electron chi connectivity index (χ0n) is 15.0. The van der Waals surface area contributed by atoms with E-state index < -0.39 is 15.8 Å². The molecule has 9 heteroatoms. The first-order valence-corrected chi connectivity index (χ1v) is 9.61. The number of nitrogens with one attached hydrogen (secondary N) is 2. The Morgan fingerprint density at radius 2 is 1.89 bits per heavy atom. The number of hydrogen-bond acceptors (Lipinski definition) is 4. The number of hydrogen-bond donors (Lipinski definition) is 3. The highest BCUT2D eigenvalue weighted by Gasteiger charge is 2.19. The summed E-state index contributed by atoms with van der Waals surface area (Å²) in [6.45, 7) is 3.93. The summed E-state index contributed by atoms with van der Waals surface area (Å²) in [5, 5.41) is 2.71. The second-order valence-electron chi connectivity index (χ2n) is 6.08. The molecule has 0 aliphatic heterocycles. The second kappa shape index (κ2) is 9.68. The third-order valence-corrected chi connectivity index (χ3v) is 5.13. The van der Waals surface area contributed by atoms with Crippen molar-refractivity contribution in [2.24, 2.45) is 5.73 Å². The fraction of sp³-hybridized carbons (Fsp3) is 0.278. The van der Waals surface area contributed by atoms with E-state index in [1.165, 1.54) is 36.4 Å². The highest BCUT2D eigenvalue weighted by Crippen LogP contribution is 2.21. The van der Waals surface area contributed by atoms with Crippen molar-refractivity contribution in [2.45, 2.75) is 31.2 Å². The molecule has 0 heterocycles. The molecule has 0 aliphatic rings. The van der Waals surface area contributed by atoms with Gasteiger partial charge in [0.15, 0.2) is 0 Å². The molecule has 0 aliphatic carbocycles. The Labute approximate surface area is 164 Å². The molecule has 1 atom stereocenters. The maximum absolute atomic E-state index is 13.7. The molecular weight excluding hydrogens is 393 g/mol. The molecule has 0 bridgehead atoms. The number of carbonyl (C=O) groups is 1. The maximum Gasteiger partial charge on any atom is 0.262 e. The molecule has 2 aromatic carbocycles. The molecule has 4 N–H and O–H groups in total. The van der Waals surface area contributed by atoms with Gasteiger partial charge in [-0.25, -0.2) is 12.8 Å². The minimum Gasteiger partial charge on any atom is -0.352 e. The Morgan fingerprint density at radius 1 is 1.22 bits per heavy atom. The number of halogens is 2. The largest absolute Gasteiger partial charge is 0.352 e. The summed E-state index contributed by atoms with van der Waals surface area (Å²) >= 11 is 0. The van der Waals surface area contributed by atoms with E-state index in [9.17, 15) is 17.6 Å². The lowest BCUT2D eigenvalue weighted by molar-refractivity contribution is 0.0952. The van der Waals surface area contributed by atoms with Crippen LogP contribution < -0.4 is 15.8 Å². The van der Waals surface area contributed by atoms with Gasteiger partial charge in [-0.05, 0) is 50.1 Å². The summed E-state index contributed by atoms with van der Waals surface area (Å²) in [5.74, 6) is -1.07. The van der Waals surface area contributed by atoms with Crippen molar-refractivity contribution in [3.05, 3.63) is 59.4 Å². The number of amides is 1. The van der Waals surface area contributed by atoms with E-state index in [4.69, 9.17) is 5.73 Å². The van der Waals surface area contributed by atoms with Crippen molar-refractivity contribution in [3.63, 3.8) is 0 Å². The number of anilines is 1. The third-order valence-electron chi connectivity index (χ3n) is 3.77. The Morgan fingerprint density at radius 3 is 2.52 bits per heavy atom. The van der Waals surface area contributed by atoms with E-state index in [0.717, 1.165) is 6.07 Å². The molecule has 0 fully saturated rings. The number of carbonyl (C=O) groups excluding carboxylic acids is 1. The van der Waals surface area contributed by atoms with E-state index in [2.05, 4.69) is 10.0 Å². The Kier molecular flexibility index (Phi) is 8.20. The summed E-state index contributed by atoms with van der Waals surface area (Å²) in [4.78, 5) is 12.2. The number of benzene rings is 2. The van der Waals surface area contributed by atoms with Gasteiger partial charge in [0.25, 0.3) is 15.9 Å². The van der Waals surface area contributed by atoms with Crippen molar-refractivity contribution in [3.8, 4) is 0 Å². The van der Waals surface area contributed by atoms with E-state index in [0.29, 0.717) is 18.5 Å². The predicted octanol–water partition coefficient (Wildman–Crippen LogP) is 2.82. The summed E-state index contributed by atoms with van der Waals surface area (Å²) in [5.41, 5.74) is 6.36. The molecule has 2 rings (SSSR count). The molecule has 0 saturated carbocycles. The first kappa shape index (κ1) is 22.9. The maximum atomic E-state index is 13.7. The van der Waals surface area contributed by atoms with Gasteiger partial charge in [-0.2, -0.15) is 0 Å². The quantitative estimate of drug-likeness (QED) is 0.647. The topological polar surface area (TPSA) is 101 Å². The lowest BCUT2D eigenvalue weighted by Crippen LogP contribution is -2.29. The average molecular weight is 416 g/mol. The highest BCUT2D eigenvalue weighted by molar-refractivity contribution is 7.92. The number of aryl methyl sites for hydroxylation is 1. The lowest BCUT2D eigenvalue weighted by atomic mass is 10.1. The molecule has 0 radical (unpaired) electrons. The van der Waals surface area contributed by atoms with Crippen LogP contribution in [-0.4, -0.2) is 26.9 Å². The molecular formula is C18H23ClFN3O3S.